The molecule has 0 bridgehead atoms. The smallest absolute Gasteiger partial charge is 0.317 e. The lowest BCUT2D eigenvalue weighted by Gasteiger charge is -2.35. The van der Waals surface area contributed by atoms with Crippen LogP contribution in [0.15, 0.2) is 0 Å². The van der Waals surface area contributed by atoms with E-state index in [0.29, 0.717) is 0 Å². The quantitative estimate of drug-likeness (QED) is 0.790. The van der Waals surface area contributed by atoms with E-state index in [0.717, 1.165) is 51.4 Å². The second-order valence-corrected chi connectivity index (χ2v) is 6.02. The zero-order valence-electron chi connectivity index (χ0n) is 12.2. The van der Waals surface area contributed by atoms with E-state index in [1.54, 1.807) is 0 Å². The fraction of sp³-hybridized carbons (Fsp3) is 0.929. The third kappa shape index (κ3) is 4.16. The number of rotatable bonds is 5. The van der Waals surface area contributed by atoms with E-state index < -0.39 is 5.97 Å². The fourth-order valence-corrected chi connectivity index (χ4v) is 3.31. The van der Waals surface area contributed by atoms with Crippen LogP contribution in [0, 0.1) is 0 Å². The number of piperazine rings is 1. The summed E-state index contributed by atoms with van der Waals surface area (Å²) in [6.45, 7) is 10.9. The SMILES string of the molecule is C[C@H]1CC[C@H](C)N1CCN1CCN(CC(=O)O)CC1. The van der Waals surface area contributed by atoms with Crippen LogP contribution < -0.4 is 0 Å². The van der Waals surface area contributed by atoms with Gasteiger partial charge < -0.3 is 5.11 Å². The molecule has 0 amide bonds. The number of carboxylic acid groups (broad SMARTS) is 1. The minimum Gasteiger partial charge on any atom is -0.480 e. The van der Waals surface area contributed by atoms with E-state index >= 15 is 0 Å². The van der Waals surface area contributed by atoms with Crippen LogP contribution >= 0.6 is 0 Å². The van der Waals surface area contributed by atoms with Gasteiger partial charge in [-0.3, -0.25) is 19.5 Å². The molecule has 0 unspecified atom stereocenters. The molecule has 0 aromatic carbocycles. The molecular weight excluding hydrogens is 242 g/mol. The summed E-state index contributed by atoms with van der Waals surface area (Å²) in [5.41, 5.74) is 0. The molecule has 0 aliphatic carbocycles. The minimum absolute atomic E-state index is 0.189. The molecule has 0 radical (unpaired) electrons. The number of carbonyl (C=O) groups is 1. The van der Waals surface area contributed by atoms with Crippen molar-refractivity contribution in [2.75, 3.05) is 45.8 Å². The molecule has 0 spiro atoms. The van der Waals surface area contributed by atoms with E-state index in [9.17, 15) is 4.79 Å². The highest BCUT2D eigenvalue weighted by molar-refractivity contribution is 5.69. The lowest BCUT2D eigenvalue weighted by Crippen LogP contribution is -2.50. The maximum Gasteiger partial charge on any atom is 0.317 e. The molecule has 0 aromatic rings. The highest BCUT2D eigenvalue weighted by atomic mass is 16.4. The Bertz CT molecular complexity index is 293. The summed E-state index contributed by atoms with van der Waals surface area (Å²) in [6, 6.07) is 1.45. The van der Waals surface area contributed by atoms with Gasteiger partial charge in [-0.1, -0.05) is 0 Å². The van der Waals surface area contributed by atoms with Crippen molar-refractivity contribution in [3.63, 3.8) is 0 Å². The first-order chi connectivity index (χ1) is 9.06. The molecule has 19 heavy (non-hydrogen) atoms. The normalized spacial score (nSPS) is 30.8. The number of hydrogen-bond donors (Lipinski definition) is 1. The first kappa shape index (κ1) is 14.8. The van der Waals surface area contributed by atoms with Crippen molar-refractivity contribution in [2.45, 2.75) is 38.8 Å². The standard InChI is InChI=1S/C14H27N3O2/c1-12-3-4-13(2)17(12)10-9-15-5-7-16(8-6-15)11-14(18)19/h12-13H,3-11H2,1-2H3,(H,18,19)/t12-,13-/m0/s1. The molecular formula is C14H27N3O2. The van der Waals surface area contributed by atoms with Crippen molar-refractivity contribution in [3.8, 4) is 0 Å². The van der Waals surface area contributed by atoms with Crippen LogP contribution in [0.1, 0.15) is 26.7 Å². The van der Waals surface area contributed by atoms with Gasteiger partial charge in [0, 0.05) is 51.4 Å². The monoisotopic (exact) mass is 269 g/mol. The third-order valence-corrected chi connectivity index (χ3v) is 4.63. The summed E-state index contributed by atoms with van der Waals surface area (Å²) in [6.07, 6.45) is 2.65. The highest BCUT2D eigenvalue weighted by Gasteiger charge is 2.27. The molecule has 110 valence electrons. The van der Waals surface area contributed by atoms with Crippen LogP contribution in [-0.4, -0.2) is 83.7 Å². The van der Waals surface area contributed by atoms with Gasteiger partial charge in [0.15, 0.2) is 0 Å². The summed E-state index contributed by atoms with van der Waals surface area (Å²) < 4.78 is 0. The summed E-state index contributed by atoms with van der Waals surface area (Å²) in [5.74, 6) is -0.715. The van der Waals surface area contributed by atoms with E-state index in [-0.39, 0.29) is 6.54 Å². The fourth-order valence-electron chi connectivity index (χ4n) is 3.31. The van der Waals surface area contributed by atoms with E-state index in [2.05, 4.69) is 23.6 Å². The topological polar surface area (TPSA) is 47.0 Å². The van der Waals surface area contributed by atoms with Crippen molar-refractivity contribution < 1.29 is 9.90 Å². The lowest BCUT2D eigenvalue weighted by atomic mass is 10.2. The Kier molecular flexibility index (Phi) is 5.19. The van der Waals surface area contributed by atoms with Gasteiger partial charge in [-0.2, -0.15) is 0 Å². The first-order valence-electron chi connectivity index (χ1n) is 7.48. The maximum atomic E-state index is 10.7. The average Bonchev–Trinajstić information content (AvgIpc) is 2.68. The predicted molar refractivity (Wildman–Crippen MR) is 75.4 cm³/mol. The molecule has 2 rings (SSSR count). The third-order valence-electron chi connectivity index (χ3n) is 4.63. The van der Waals surface area contributed by atoms with Crippen LogP contribution in [0.5, 0.6) is 0 Å². The predicted octanol–water partition coefficient (Wildman–Crippen LogP) is 0.561. The van der Waals surface area contributed by atoms with Gasteiger partial charge in [0.05, 0.1) is 6.54 Å². The Labute approximate surface area is 116 Å². The van der Waals surface area contributed by atoms with Gasteiger partial charge in [-0.25, -0.2) is 0 Å². The van der Waals surface area contributed by atoms with E-state index in [4.69, 9.17) is 5.11 Å². The largest absolute Gasteiger partial charge is 0.480 e. The number of hydrogen-bond acceptors (Lipinski definition) is 4. The summed E-state index contributed by atoms with van der Waals surface area (Å²) in [7, 11) is 0. The number of carboxylic acids is 1. The van der Waals surface area contributed by atoms with Gasteiger partial charge in [-0.15, -0.1) is 0 Å². The molecule has 1 N–H and O–H groups in total. The van der Waals surface area contributed by atoms with E-state index in [1.165, 1.54) is 12.8 Å². The van der Waals surface area contributed by atoms with Crippen molar-refractivity contribution >= 4 is 5.97 Å². The zero-order chi connectivity index (χ0) is 13.8. The van der Waals surface area contributed by atoms with Crippen LogP contribution in [0.2, 0.25) is 0 Å². The van der Waals surface area contributed by atoms with Crippen molar-refractivity contribution in [1.82, 2.24) is 14.7 Å². The van der Waals surface area contributed by atoms with Gasteiger partial charge in [0.1, 0.15) is 0 Å². The Morgan fingerprint density at radius 1 is 1.00 bits per heavy atom. The van der Waals surface area contributed by atoms with Crippen molar-refractivity contribution in [3.05, 3.63) is 0 Å². The second-order valence-electron chi connectivity index (χ2n) is 6.02. The molecule has 2 heterocycles. The lowest BCUT2D eigenvalue weighted by molar-refractivity contribution is -0.138. The molecule has 5 nitrogen and oxygen atoms in total. The molecule has 0 saturated carbocycles. The number of likely N-dealkylation sites (tertiary alicyclic amines) is 1. The second kappa shape index (κ2) is 6.68. The maximum absolute atomic E-state index is 10.7. The van der Waals surface area contributed by atoms with Gasteiger partial charge >= 0.3 is 5.97 Å². The molecule has 2 atom stereocenters. The number of nitrogens with zero attached hydrogens (tertiary/aromatic N) is 3. The highest BCUT2D eigenvalue weighted by Crippen LogP contribution is 2.22. The van der Waals surface area contributed by atoms with Crippen LogP contribution in [0.3, 0.4) is 0 Å². The Morgan fingerprint density at radius 3 is 2.05 bits per heavy atom. The van der Waals surface area contributed by atoms with Gasteiger partial charge in [0.2, 0.25) is 0 Å². The molecule has 0 aromatic heterocycles. The molecule has 2 saturated heterocycles. The van der Waals surface area contributed by atoms with Crippen molar-refractivity contribution in [2.24, 2.45) is 0 Å². The molecule has 5 heteroatoms. The number of aliphatic carboxylic acids is 1. The minimum atomic E-state index is -0.715. The summed E-state index contributed by atoms with van der Waals surface area (Å²) >= 11 is 0. The molecule has 2 aliphatic rings. The van der Waals surface area contributed by atoms with Gasteiger partial charge in [0.25, 0.3) is 0 Å². The molecule has 2 fully saturated rings. The summed E-state index contributed by atoms with van der Waals surface area (Å²) in [4.78, 5) is 17.8. The van der Waals surface area contributed by atoms with E-state index in [1.807, 2.05) is 4.90 Å². The first-order valence-corrected chi connectivity index (χ1v) is 7.48. The zero-order valence-corrected chi connectivity index (χ0v) is 12.2. The van der Waals surface area contributed by atoms with Crippen LogP contribution in [-0.2, 0) is 4.79 Å². The molecule has 2 aliphatic heterocycles. The summed E-state index contributed by atoms with van der Waals surface area (Å²) in [5, 5.41) is 8.77. The van der Waals surface area contributed by atoms with Crippen LogP contribution in [0.25, 0.3) is 0 Å². The average molecular weight is 269 g/mol. The Balaban J connectivity index is 1.67. The van der Waals surface area contributed by atoms with Crippen molar-refractivity contribution in [1.29, 1.82) is 0 Å². The van der Waals surface area contributed by atoms with Crippen LogP contribution in [0.4, 0.5) is 0 Å². The Hall–Kier alpha value is -0.650. The van der Waals surface area contributed by atoms with Gasteiger partial charge in [-0.05, 0) is 26.7 Å². The Morgan fingerprint density at radius 2 is 1.53 bits per heavy atom.